The number of aromatic nitrogens is 2. The Labute approximate surface area is 130 Å². The zero-order valence-corrected chi connectivity index (χ0v) is 13.0. The molecule has 0 bridgehead atoms. The van der Waals surface area contributed by atoms with Gasteiger partial charge in [0, 0.05) is 32.0 Å². The second-order valence-electron chi connectivity index (χ2n) is 5.99. The summed E-state index contributed by atoms with van der Waals surface area (Å²) in [4.78, 5) is 18.8. The minimum Gasteiger partial charge on any atom is -0.338 e. The molecule has 1 fully saturated rings. The summed E-state index contributed by atoms with van der Waals surface area (Å²) in [5.74, 6) is 1.31. The number of likely N-dealkylation sites (tertiary alicyclic amines) is 1. The van der Waals surface area contributed by atoms with Gasteiger partial charge in [-0.2, -0.15) is 0 Å². The van der Waals surface area contributed by atoms with Crippen molar-refractivity contribution in [2.24, 2.45) is 0 Å². The number of fused-ring (bicyclic) bond motifs is 1. The van der Waals surface area contributed by atoms with Crippen molar-refractivity contribution in [3.63, 3.8) is 0 Å². The average molecular weight is 295 g/mol. The molecule has 1 aliphatic rings. The molecule has 4 nitrogen and oxygen atoms in total. The third-order valence-corrected chi connectivity index (χ3v) is 4.04. The quantitative estimate of drug-likeness (QED) is 0.795. The van der Waals surface area contributed by atoms with E-state index in [1.54, 1.807) is 6.08 Å². The Morgan fingerprint density at radius 3 is 2.95 bits per heavy atom. The number of allylic oxidation sites excluding steroid dienone is 1. The Kier molecular flexibility index (Phi) is 3.84. The van der Waals surface area contributed by atoms with Crippen molar-refractivity contribution in [2.75, 3.05) is 13.1 Å². The molecule has 1 aromatic carbocycles. The van der Waals surface area contributed by atoms with Gasteiger partial charge in [-0.3, -0.25) is 4.79 Å². The van der Waals surface area contributed by atoms with Gasteiger partial charge >= 0.3 is 0 Å². The molecule has 1 unspecified atom stereocenters. The third kappa shape index (κ3) is 2.56. The number of para-hydroxylation sites is 2. The molecular formula is C18H21N3O. The maximum atomic E-state index is 12.1. The van der Waals surface area contributed by atoms with Gasteiger partial charge in [-0.25, -0.2) is 4.98 Å². The molecule has 0 N–H and O–H groups in total. The van der Waals surface area contributed by atoms with Crippen molar-refractivity contribution < 1.29 is 4.79 Å². The monoisotopic (exact) mass is 295 g/mol. The molecule has 4 heteroatoms. The lowest BCUT2D eigenvalue weighted by Crippen LogP contribution is -2.25. The first-order valence-corrected chi connectivity index (χ1v) is 7.58. The Bertz CT molecular complexity index is 744. The number of carbonyl (C=O) groups is 1. The van der Waals surface area contributed by atoms with Crippen LogP contribution in [0.3, 0.4) is 0 Å². The molecule has 114 valence electrons. The van der Waals surface area contributed by atoms with Crippen LogP contribution in [0.1, 0.15) is 25.1 Å². The Balaban J connectivity index is 2.01. The molecule has 0 aliphatic carbocycles. The van der Waals surface area contributed by atoms with E-state index in [1.807, 2.05) is 30.0 Å². The fraction of sp³-hybridized carbons (Fsp3) is 0.333. The van der Waals surface area contributed by atoms with E-state index in [1.165, 1.54) is 0 Å². The minimum atomic E-state index is 0.138. The van der Waals surface area contributed by atoms with E-state index >= 15 is 0 Å². The predicted molar refractivity (Wildman–Crippen MR) is 88.7 cm³/mol. The summed E-state index contributed by atoms with van der Waals surface area (Å²) in [6.45, 7) is 11.8. The second kappa shape index (κ2) is 5.79. The maximum absolute atomic E-state index is 12.1. The van der Waals surface area contributed by atoms with Crippen LogP contribution in [-0.4, -0.2) is 33.4 Å². The molecule has 0 radical (unpaired) electrons. The summed E-state index contributed by atoms with van der Waals surface area (Å²) in [6, 6.07) is 8.11. The van der Waals surface area contributed by atoms with Crippen LogP contribution >= 0.6 is 0 Å². The smallest absolute Gasteiger partial charge is 0.223 e. The summed E-state index contributed by atoms with van der Waals surface area (Å²) in [7, 11) is 0. The van der Waals surface area contributed by atoms with Crippen LogP contribution in [0.4, 0.5) is 0 Å². The van der Waals surface area contributed by atoms with E-state index in [0.29, 0.717) is 19.5 Å². The zero-order chi connectivity index (χ0) is 15.7. The van der Waals surface area contributed by atoms with Crippen LogP contribution < -0.4 is 0 Å². The maximum Gasteiger partial charge on any atom is 0.223 e. The fourth-order valence-electron chi connectivity index (χ4n) is 3.12. The van der Waals surface area contributed by atoms with E-state index in [4.69, 9.17) is 4.98 Å². The highest BCUT2D eigenvalue weighted by Gasteiger charge is 2.33. The predicted octanol–water partition coefficient (Wildman–Crippen LogP) is 3.11. The van der Waals surface area contributed by atoms with Gasteiger partial charge in [0.05, 0.1) is 11.0 Å². The van der Waals surface area contributed by atoms with Crippen LogP contribution in [0.25, 0.3) is 11.0 Å². The van der Waals surface area contributed by atoms with Gasteiger partial charge < -0.3 is 9.47 Å². The first-order valence-electron chi connectivity index (χ1n) is 7.58. The number of amides is 1. The van der Waals surface area contributed by atoms with Crippen LogP contribution in [0.15, 0.2) is 49.1 Å². The lowest BCUT2D eigenvalue weighted by Gasteiger charge is -2.15. The fourth-order valence-corrected chi connectivity index (χ4v) is 3.12. The molecule has 1 saturated heterocycles. The number of imidazole rings is 1. The lowest BCUT2D eigenvalue weighted by molar-refractivity contribution is -0.127. The topological polar surface area (TPSA) is 38.1 Å². The van der Waals surface area contributed by atoms with E-state index in [2.05, 4.69) is 23.8 Å². The standard InChI is InChI=1S/C18H21N3O/c1-4-9-20-12-14(10-17(20)22)18-19-15-7-5-6-8-16(15)21(18)11-13(2)3/h4-8,14H,1-2,9-12H2,3H3. The van der Waals surface area contributed by atoms with Crippen LogP contribution in [0, 0.1) is 0 Å². The SMILES string of the molecule is C=CCN1CC(c2nc3ccccc3n2CC(=C)C)CC1=O. The number of carbonyl (C=O) groups excluding carboxylic acids is 1. The number of hydrogen-bond acceptors (Lipinski definition) is 2. The van der Waals surface area contributed by atoms with Gasteiger partial charge in [0.1, 0.15) is 5.82 Å². The van der Waals surface area contributed by atoms with Gasteiger partial charge in [-0.1, -0.05) is 30.4 Å². The summed E-state index contributed by atoms with van der Waals surface area (Å²) in [5.41, 5.74) is 3.17. The molecule has 1 aliphatic heterocycles. The second-order valence-corrected chi connectivity index (χ2v) is 5.99. The van der Waals surface area contributed by atoms with Crippen molar-refractivity contribution in [3.8, 4) is 0 Å². The van der Waals surface area contributed by atoms with Crippen LogP contribution in [-0.2, 0) is 11.3 Å². The summed E-state index contributed by atoms with van der Waals surface area (Å²) in [5, 5.41) is 0. The van der Waals surface area contributed by atoms with Crippen molar-refractivity contribution in [3.05, 3.63) is 54.9 Å². The molecule has 0 saturated carbocycles. The molecule has 1 aromatic heterocycles. The van der Waals surface area contributed by atoms with Gasteiger partial charge in [-0.15, -0.1) is 6.58 Å². The van der Waals surface area contributed by atoms with E-state index in [0.717, 1.165) is 29.0 Å². The van der Waals surface area contributed by atoms with Gasteiger partial charge in [0.25, 0.3) is 0 Å². The zero-order valence-electron chi connectivity index (χ0n) is 13.0. The summed E-state index contributed by atoms with van der Waals surface area (Å²) >= 11 is 0. The van der Waals surface area contributed by atoms with Crippen molar-refractivity contribution in [1.82, 2.24) is 14.5 Å². The average Bonchev–Trinajstić information content (AvgIpc) is 3.01. The molecule has 2 heterocycles. The summed E-state index contributed by atoms with van der Waals surface area (Å²) in [6.07, 6.45) is 2.30. The Hall–Kier alpha value is -2.36. The number of hydrogen-bond donors (Lipinski definition) is 0. The first kappa shape index (κ1) is 14.6. The normalized spacial score (nSPS) is 18.1. The largest absolute Gasteiger partial charge is 0.338 e. The van der Waals surface area contributed by atoms with Crippen LogP contribution in [0.5, 0.6) is 0 Å². The highest BCUT2D eigenvalue weighted by molar-refractivity contribution is 5.81. The number of rotatable bonds is 5. The molecule has 1 atom stereocenters. The lowest BCUT2D eigenvalue weighted by atomic mass is 10.1. The van der Waals surface area contributed by atoms with Crippen molar-refractivity contribution in [1.29, 1.82) is 0 Å². The van der Waals surface area contributed by atoms with Crippen molar-refractivity contribution in [2.45, 2.75) is 25.8 Å². The number of nitrogens with zero attached hydrogens (tertiary/aromatic N) is 3. The molecule has 0 spiro atoms. The first-order chi connectivity index (χ1) is 10.6. The molecule has 1 amide bonds. The molecule has 22 heavy (non-hydrogen) atoms. The van der Waals surface area contributed by atoms with E-state index in [-0.39, 0.29) is 11.8 Å². The highest BCUT2D eigenvalue weighted by Crippen LogP contribution is 2.30. The van der Waals surface area contributed by atoms with Gasteiger partial charge in [-0.05, 0) is 19.1 Å². The molecule has 2 aromatic rings. The molecular weight excluding hydrogens is 274 g/mol. The molecule has 3 rings (SSSR count). The minimum absolute atomic E-state index is 0.138. The Morgan fingerprint density at radius 2 is 2.23 bits per heavy atom. The van der Waals surface area contributed by atoms with Crippen LogP contribution in [0.2, 0.25) is 0 Å². The number of benzene rings is 1. The Morgan fingerprint density at radius 1 is 1.45 bits per heavy atom. The van der Waals surface area contributed by atoms with Gasteiger partial charge in [0.2, 0.25) is 5.91 Å². The van der Waals surface area contributed by atoms with Crippen molar-refractivity contribution >= 4 is 16.9 Å². The summed E-state index contributed by atoms with van der Waals surface area (Å²) < 4.78 is 2.20. The van der Waals surface area contributed by atoms with E-state index in [9.17, 15) is 4.79 Å². The third-order valence-electron chi connectivity index (χ3n) is 4.04. The van der Waals surface area contributed by atoms with E-state index < -0.39 is 0 Å². The highest BCUT2D eigenvalue weighted by atomic mass is 16.2. The van der Waals surface area contributed by atoms with Gasteiger partial charge in [0.15, 0.2) is 0 Å².